The Morgan fingerprint density at radius 3 is 2.35 bits per heavy atom. The molecule has 1 amide bonds. The largest absolute Gasteiger partial charge is 0.463 e. The molecule has 0 spiro atoms. The lowest BCUT2D eigenvalue weighted by atomic mass is 10.2. The summed E-state index contributed by atoms with van der Waals surface area (Å²) in [5.74, 6) is -6.74. The van der Waals surface area contributed by atoms with Gasteiger partial charge in [-0.25, -0.2) is 0 Å². The summed E-state index contributed by atoms with van der Waals surface area (Å²) in [6.07, 6.45) is -3.20. The highest BCUT2D eigenvalue weighted by molar-refractivity contribution is 7.99. The van der Waals surface area contributed by atoms with Crippen LogP contribution < -0.4 is 5.32 Å². The van der Waals surface area contributed by atoms with Gasteiger partial charge in [0, 0.05) is 11.8 Å². The molecule has 1 N–H and O–H groups in total. The lowest BCUT2D eigenvalue weighted by Gasteiger charge is -2.23. The number of hydrogen-bond acceptors (Lipinski definition) is 2. The normalized spacial score (nSPS) is 22.3. The number of rotatable bonds is 3. The van der Waals surface area contributed by atoms with Crippen molar-refractivity contribution in [3.05, 3.63) is 0 Å². The topological polar surface area (TPSA) is 29.1 Å². The van der Waals surface area contributed by atoms with E-state index in [1.165, 1.54) is 11.8 Å². The fourth-order valence-corrected chi connectivity index (χ4v) is 2.65. The molecule has 1 unspecified atom stereocenters. The van der Waals surface area contributed by atoms with Crippen molar-refractivity contribution in [3.8, 4) is 0 Å². The zero-order valence-corrected chi connectivity index (χ0v) is 9.64. The van der Waals surface area contributed by atoms with Gasteiger partial charge < -0.3 is 5.32 Å². The van der Waals surface area contributed by atoms with Crippen LogP contribution >= 0.6 is 11.8 Å². The summed E-state index contributed by atoms with van der Waals surface area (Å²) < 4.78 is 60.6. The van der Waals surface area contributed by atoms with Crippen LogP contribution in [0.1, 0.15) is 19.3 Å². The second-order valence-electron chi connectivity index (χ2n) is 3.77. The second-order valence-corrected chi connectivity index (χ2v) is 5.18. The molecule has 1 aliphatic rings. The number of carbonyl (C=O) groups is 1. The Labute approximate surface area is 99.3 Å². The molecule has 1 atom stereocenters. The van der Waals surface area contributed by atoms with Crippen LogP contribution in [-0.2, 0) is 4.79 Å². The summed E-state index contributed by atoms with van der Waals surface area (Å²) >= 11 is 1.48. The van der Waals surface area contributed by atoms with Crippen LogP contribution in [0.3, 0.4) is 0 Å². The Balaban J connectivity index is 2.43. The summed E-state index contributed by atoms with van der Waals surface area (Å²) in [5, 5.41) is 1.60. The first-order valence-electron chi connectivity index (χ1n) is 5.09. The van der Waals surface area contributed by atoms with Crippen molar-refractivity contribution in [1.82, 2.24) is 5.32 Å². The highest BCUT2D eigenvalue weighted by Crippen LogP contribution is 2.35. The number of alkyl halides is 5. The van der Waals surface area contributed by atoms with Crippen molar-refractivity contribution in [2.75, 3.05) is 12.3 Å². The number of thioether (sulfide) groups is 1. The standard InChI is InChI=1S/C9H12F5NOS/c10-8(11,9(12,13)14)7(16)15-5-6-3-1-2-4-17-6/h6H,1-5H2,(H,15,16). The fourth-order valence-electron chi connectivity index (χ4n) is 1.41. The molecule has 0 aliphatic carbocycles. The molecule has 2 nitrogen and oxygen atoms in total. The number of amides is 1. The van der Waals surface area contributed by atoms with Gasteiger partial charge in [-0.3, -0.25) is 4.79 Å². The van der Waals surface area contributed by atoms with Gasteiger partial charge in [0.1, 0.15) is 0 Å². The van der Waals surface area contributed by atoms with Gasteiger partial charge in [0.05, 0.1) is 0 Å². The maximum Gasteiger partial charge on any atom is 0.463 e. The van der Waals surface area contributed by atoms with Gasteiger partial charge in [-0.05, 0) is 18.6 Å². The van der Waals surface area contributed by atoms with Crippen LogP contribution in [0.15, 0.2) is 0 Å². The third-order valence-electron chi connectivity index (χ3n) is 2.41. The number of halogens is 5. The van der Waals surface area contributed by atoms with E-state index >= 15 is 0 Å². The highest BCUT2D eigenvalue weighted by atomic mass is 32.2. The molecule has 0 aromatic heterocycles. The van der Waals surface area contributed by atoms with Crippen LogP contribution in [0.5, 0.6) is 0 Å². The first-order chi connectivity index (χ1) is 7.75. The summed E-state index contributed by atoms with van der Waals surface area (Å²) in [7, 11) is 0. The van der Waals surface area contributed by atoms with Crippen molar-refractivity contribution in [2.45, 2.75) is 36.6 Å². The Morgan fingerprint density at radius 1 is 1.24 bits per heavy atom. The third kappa shape index (κ3) is 3.72. The molecule has 1 heterocycles. The lowest BCUT2D eigenvalue weighted by Crippen LogP contribution is -2.51. The Kier molecular flexibility index (Phi) is 4.62. The molecule has 0 aromatic carbocycles. The minimum Gasteiger partial charge on any atom is -0.349 e. The molecule has 1 aliphatic heterocycles. The van der Waals surface area contributed by atoms with Gasteiger partial charge >= 0.3 is 12.1 Å². The van der Waals surface area contributed by atoms with Crippen molar-refractivity contribution in [2.24, 2.45) is 0 Å². The van der Waals surface area contributed by atoms with Gasteiger partial charge in [0.2, 0.25) is 0 Å². The van der Waals surface area contributed by atoms with Gasteiger partial charge in [0.25, 0.3) is 5.91 Å². The molecule has 8 heteroatoms. The van der Waals surface area contributed by atoms with Crippen LogP contribution in [0.4, 0.5) is 22.0 Å². The maximum absolute atomic E-state index is 12.5. The first kappa shape index (κ1) is 14.5. The molecule has 17 heavy (non-hydrogen) atoms. The van der Waals surface area contributed by atoms with Crippen LogP contribution in [-0.4, -0.2) is 35.6 Å². The molecule has 0 saturated carbocycles. The molecule has 0 bridgehead atoms. The quantitative estimate of drug-likeness (QED) is 0.803. The summed E-state index contributed by atoms with van der Waals surface area (Å²) in [4.78, 5) is 10.8. The molecule has 1 saturated heterocycles. The van der Waals surface area contributed by atoms with E-state index in [1.54, 1.807) is 5.32 Å². The van der Waals surface area contributed by atoms with Gasteiger partial charge in [-0.15, -0.1) is 0 Å². The number of nitrogens with one attached hydrogen (secondary N) is 1. The second kappa shape index (κ2) is 5.41. The number of carbonyl (C=O) groups excluding carboxylic acids is 1. The number of hydrogen-bond donors (Lipinski definition) is 1. The zero-order chi connectivity index (χ0) is 13.1. The maximum atomic E-state index is 12.5. The van der Waals surface area contributed by atoms with Gasteiger partial charge in [-0.2, -0.15) is 33.7 Å². The third-order valence-corrected chi connectivity index (χ3v) is 3.80. The van der Waals surface area contributed by atoms with E-state index < -0.39 is 18.0 Å². The lowest BCUT2D eigenvalue weighted by molar-refractivity contribution is -0.269. The van der Waals surface area contributed by atoms with Crippen LogP contribution in [0, 0.1) is 0 Å². The average Bonchev–Trinajstić information content (AvgIpc) is 2.25. The summed E-state index contributed by atoms with van der Waals surface area (Å²) in [5.41, 5.74) is 0. The molecular formula is C9H12F5NOS. The average molecular weight is 277 g/mol. The van der Waals surface area contributed by atoms with E-state index in [9.17, 15) is 26.7 Å². The van der Waals surface area contributed by atoms with E-state index in [2.05, 4.69) is 0 Å². The summed E-state index contributed by atoms with van der Waals surface area (Å²) in [6.45, 7) is -0.144. The van der Waals surface area contributed by atoms with E-state index in [0.717, 1.165) is 25.0 Å². The minimum atomic E-state index is -5.84. The van der Waals surface area contributed by atoms with E-state index in [0.29, 0.717) is 0 Å². The van der Waals surface area contributed by atoms with Crippen molar-refractivity contribution in [3.63, 3.8) is 0 Å². The van der Waals surface area contributed by atoms with Crippen LogP contribution in [0.2, 0.25) is 0 Å². The Bertz CT molecular complexity index is 275. The van der Waals surface area contributed by atoms with Crippen molar-refractivity contribution < 1.29 is 26.7 Å². The van der Waals surface area contributed by atoms with Crippen molar-refractivity contribution >= 4 is 17.7 Å². The molecule has 1 fully saturated rings. The van der Waals surface area contributed by atoms with E-state index in [-0.39, 0.29) is 11.8 Å². The Morgan fingerprint density at radius 2 is 1.88 bits per heavy atom. The SMILES string of the molecule is O=C(NCC1CCCCS1)C(F)(F)C(F)(F)F. The van der Waals surface area contributed by atoms with Crippen molar-refractivity contribution in [1.29, 1.82) is 0 Å². The van der Waals surface area contributed by atoms with E-state index in [4.69, 9.17) is 0 Å². The van der Waals surface area contributed by atoms with Gasteiger partial charge in [0.15, 0.2) is 0 Å². The molecule has 0 aromatic rings. The molecule has 0 radical (unpaired) electrons. The van der Waals surface area contributed by atoms with E-state index in [1.807, 2.05) is 0 Å². The fraction of sp³-hybridized carbons (Fsp3) is 0.889. The molecular weight excluding hydrogens is 265 g/mol. The van der Waals surface area contributed by atoms with Crippen LogP contribution in [0.25, 0.3) is 0 Å². The predicted molar refractivity (Wildman–Crippen MR) is 54.1 cm³/mol. The zero-order valence-electron chi connectivity index (χ0n) is 8.82. The van der Waals surface area contributed by atoms with Gasteiger partial charge in [-0.1, -0.05) is 6.42 Å². The summed E-state index contributed by atoms with van der Waals surface area (Å²) in [6, 6.07) is 0. The minimum absolute atomic E-state index is 0.0725. The highest BCUT2D eigenvalue weighted by Gasteiger charge is 2.63. The Hall–Kier alpha value is -0.530. The smallest absolute Gasteiger partial charge is 0.349 e. The molecule has 100 valence electrons. The monoisotopic (exact) mass is 277 g/mol. The predicted octanol–water partition coefficient (Wildman–Crippen LogP) is 2.59. The first-order valence-corrected chi connectivity index (χ1v) is 6.14. The molecule has 1 rings (SSSR count).